The van der Waals surface area contributed by atoms with Gasteiger partial charge in [0.1, 0.15) is 27.0 Å². The number of benzene rings is 2. The van der Waals surface area contributed by atoms with Crippen LogP contribution >= 0.6 is 34.7 Å². The molecule has 4 rings (SSSR count). The molecule has 0 saturated heterocycles. The lowest BCUT2D eigenvalue weighted by Gasteiger charge is -2.32. The van der Waals surface area contributed by atoms with Crippen LogP contribution in [0.25, 0.3) is 0 Å². The van der Waals surface area contributed by atoms with Gasteiger partial charge in [-0.05, 0) is 59.8 Å². The first kappa shape index (κ1) is 25.4. The lowest BCUT2D eigenvalue weighted by atomic mass is 10.0. The van der Waals surface area contributed by atoms with Crippen LogP contribution in [-0.2, 0) is 11.3 Å². The normalized spacial score (nSPS) is 14.5. The van der Waals surface area contributed by atoms with Crippen LogP contribution in [0.3, 0.4) is 0 Å². The fourth-order valence-corrected chi connectivity index (χ4v) is 5.19. The molecule has 35 heavy (non-hydrogen) atoms. The minimum Gasteiger partial charge on any atom is -0.497 e. The summed E-state index contributed by atoms with van der Waals surface area (Å²) in [6.45, 7) is 0.0272. The number of carbonyl (C=O) groups excluding carboxylic acids is 2. The molecule has 1 atom stereocenters. The predicted octanol–water partition coefficient (Wildman–Crippen LogP) is 6.04. The van der Waals surface area contributed by atoms with E-state index in [9.17, 15) is 14.0 Å². The number of ether oxygens (including phenoxy) is 1. The van der Waals surface area contributed by atoms with Crippen LogP contribution in [0.2, 0.25) is 9.36 Å². The number of nitrogens with zero attached hydrogens (tertiary/aromatic N) is 2. The molecular weight excluding hydrogens is 512 g/mol. The predicted molar refractivity (Wildman–Crippen MR) is 135 cm³/mol. The molecule has 0 aliphatic heterocycles. The summed E-state index contributed by atoms with van der Waals surface area (Å²) < 4.78 is 23.1. The highest BCUT2D eigenvalue weighted by atomic mass is 35.5. The van der Waals surface area contributed by atoms with E-state index in [0.717, 1.165) is 37.2 Å². The molecule has 1 aliphatic carbocycles. The molecule has 6 nitrogen and oxygen atoms in total. The standard InChI is InChI=1S/C25H24Cl2FN3O3S/c1-34-19-12-8-16(9-13-19)22(24(32)29-18-4-2-3-5-18)31(14-15-6-10-17(28)11-7-15)25(33)21-20(26)23(27)35-30-21/h6-13,18,22H,2-5,14H2,1H3,(H,29,32)/t22-/m0/s1. The van der Waals surface area contributed by atoms with E-state index in [1.54, 1.807) is 43.5 Å². The van der Waals surface area contributed by atoms with Crippen molar-refractivity contribution in [3.05, 3.63) is 80.5 Å². The third kappa shape index (κ3) is 5.94. The molecule has 1 aliphatic rings. The molecule has 3 aromatic rings. The van der Waals surface area contributed by atoms with E-state index < -0.39 is 17.8 Å². The second-order valence-corrected chi connectivity index (χ2v) is 10.1. The fraction of sp³-hybridized carbons (Fsp3) is 0.320. The van der Waals surface area contributed by atoms with E-state index in [-0.39, 0.29) is 33.5 Å². The van der Waals surface area contributed by atoms with Crippen molar-refractivity contribution < 1.29 is 18.7 Å². The van der Waals surface area contributed by atoms with Gasteiger partial charge < -0.3 is 15.0 Å². The quantitative estimate of drug-likeness (QED) is 0.381. The first-order chi connectivity index (χ1) is 16.9. The molecule has 1 saturated carbocycles. The van der Waals surface area contributed by atoms with Crippen molar-refractivity contribution in [1.82, 2.24) is 14.6 Å². The highest BCUT2D eigenvalue weighted by Gasteiger charge is 2.36. The number of halogens is 3. The monoisotopic (exact) mass is 535 g/mol. The molecule has 1 aromatic heterocycles. The summed E-state index contributed by atoms with van der Waals surface area (Å²) in [5.74, 6) is -0.638. The van der Waals surface area contributed by atoms with Crippen molar-refractivity contribution in [3.8, 4) is 5.75 Å². The van der Waals surface area contributed by atoms with Crippen LogP contribution < -0.4 is 10.1 Å². The molecular formula is C25H24Cl2FN3O3S. The van der Waals surface area contributed by atoms with Crippen molar-refractivity contribution in [2.45, 2.75) is 44.3 Å². The zero-order valence-electron chi connectivity index (χ0n) is 19.0. The van der Waals surface area contributed by atoms with Gasteiger partial charge in [0.25, 0.3) is 5.91 Å². The average molecular weight is 536 g/mol. The number of hydrogen-bond acceptors (Lipinski definition) is 5. The summed E-state index contributed by atoms with van der Waals surface area (Å²) in [5.41, 5.74) is 1.20. The Labute approximate surface area is 217 Å². The number of nitrogens with one attached hydrogen (secondary N) is 1. The number of hydrogen-bond donors (Lipinski definition) is 1. The summed E-state index contributed by atoms with van der Waals surface area (Å²) >= 11 is 13.3. The van der Waals surface area contributed by atoms with E-state index in [1.807, 2.05) is 0 Å². The van der Waals surface area contributed by atoms with E-state index in [2.05, 4.69) is 9.69 Å². The zero-order chi connectivity index (χ0) is 24.9. The van der Waals surface area contributed by atoms with Crippen LogP contribution in [0.4, 0.5) is 4.39 Å². The molecule has 2 amide bonds. The fourth-order valence-electron chi connectivity index (χ4n) is 4.20. The van der Waals surface area contributed by atoms with Gasteiger partial charge in [0.15, 0.2) is 5.69 Å². The Morgan fingerprint density at radius 3 is 2.37 bits per heavy atom. The third-order valence-corrected chi connectivity index (χ3v) is 7.63. The van der Waals surface area contributed by atoms with Gasteiger partial charge in [-0.1, -0.05) is 60.3 Å². The highest BCUT2D eigenvalue weighted by molar-refractivity contribution is 7.11. The topological polar surface area (TPSA) is 71.5 Å². The maximum atomic E-state index is 13.8. The summed E-state index contributed by atoms with van der Waals surface area (Å²) in [6, 6.07) is 11.8. The lowest BCUT2D eigenvalue weighted by Crippen LogP contribution is -2.46. The molecule has 1 fully saturated rings. The highest BCUT2D eigenvalue weighted by Crippen LogP contribution is 2.34. The smallest absolute Gasteiger partial charge is 0.276 e. The molecule has 0 unspecified atom stereocenters. The number of methoxy groups -OCH3 is 1. The third-order valence-electron chi connectivity index (χ3n) is 6.02. The zero-order valence-corrected chi connectivity index (χ0v) is 21.3. The number of rotatable bonds is 8. The van der Waals surface area contributed by atoms with Gasteiger partial charge in [0.05, 0.1) is 7.11 Å². The van der Waals surface area contributed by atoms with Gasteiger partial charge in [-0.15, -0.1) is 0 Å². The second kappa shape index (κ2) is 11.4. The van der Waals surface area contributed by atoms with Gasteiger partial charge >= 0.3 is 0 Å². The van der Waals surface area contributed by atoms with Gasteiger partial charge in [-0.25, -0.2) is 4.39 Å². The van der Waals surface area contributed by atoms with Crippen LogP contribution in [0, 0.1) is 5.82 Å². The van der Waals surface area contributed by atoms with Gasteiger partial charge in [0, 0.05) is 12.6 Å². The minimum atomic E-state index is -0.990. The van der Waals surface area contributed by atoms with Crippen molar-refractivity contribution >= 4 is 46.5 Å². The van der Waals surface area contributed by atoms with Gasteiger partial charge in [0.2, 0.25) is 5.91 Å². The van der Waals surface area contributed by atoms with E-state index in [1.165, 1.54) is 17.0 Å². The molecule has 2 aromatic carbocycles. The minimum absolute atomic E-state index is 0.0272. The average Bonchev–Trinajstić information content (AvgIpc) is 3.49. The van der Waals surface area contributed by atoms with Crippen LogP contribution in [0.15, 0.2) is 48.5 Å². The molecule has 0 radical (unpaired) electrons. The first-order valence-electron chi connectivity index (χ1n) is 11.2. The Kier molecular flexibility index (Phi) is 8.26. The number of carbonyl (C=O) groups is 2. The van der Waals surface area contributed by atoms with Gasteiger partial charge in [-0.2, -0.15) is 4.37 Å². The SMILES string of the molecule is COc1ccc([C@@H](C(=O)NC2CCCC2)N(Cc2ccc(F)cc2)C(=O)c2nsc(Cl)c2Cl)cc1. The molecule has 0 bridgehead atoms. The maximum absolute atomic E-state index is 13.8. The van der Waals surface area contributed by atoms with Crippen LogP contribution in [-0.4, -0.2) is 34.2 Å². The van der Waals surface area contributed by atoms with Crippen molar-refractivity contribution in [3.63, 3.8) is 0 Å². The van der Waals surface area contributed by atoms with Crippen molar-refractivity contribution in [2.75, 3.05) is 7.11 Å². The molecule has 1 N–H and O–H groups in total. The molecule has 10 heteroatoms. The Hall–Kier alpha value is -2.68. The van der Waals surface area contributed by atoms with Gasteiger partial charge in [-0.3, -0.25) is 9.59 Å². The van der Waals surface area contributed by atoms with Crippen LogP contribution in [0.5, 0.6) is 5.75 Å². The lowest BCUT2D eigenvalue weighted by molar-refractivity contribution is -0.126. The summed E-state index contributed by atoms with van der Waals surface area (Å²) in [7, 11) is 1.55. The summed E-state index contributed by atoms with van der Waals surface area (Å²) in [6.07, 6.45) is 3.87. The Balaban J connectivity index is 1.77. The van der Waals surface area contributed by atoms with E-state index in [0.29, 0.717) is 16.9 Å². The van der Waals surface area contributed by atoms with Crippen LogP contribution in [0.1, 0.15) is 53.3 Å². The summed E-state index contributed by atoms with van der Waals surface area (Å²) in [4.78, 5) is 28.9. The second-order valence-electron chi connectivity index (χ2n) is 8.34. The largest absolute Gasteiger partial charge is 0.497 e. The molecule has 0 spiro atoms. The molecule has 1 heterocycles. The summed E-state index contributed by atoms with van der Waals surface area (Å²) in [5, 5.41) is 3.14. The Bertz CT molecular complexity index is 1180. The van der Waals surface area contributed by atoms with E-state index >= 15 is 0 Å². The molecule has 184 valence electrons. The maximum Gasteiger partial charge on any atom is 0.276 e. The van der Waals surface area contributed by atoms with E-state index in [4.69, 9.17) is 27.9 Å². The Morgan fingerprint density at radius 1 is 1.14 bits per heavy atom. The number of amides is 2. The first-order valence-corrected chi connectivity index (χ1v) is 12.7. The Morgan fingerprint density at radius 2 is 1.80 bits per heavy atom. The van der Waals surface area contributed by atoms with Crippen molar-refractivity contribution in [1.29, 1.82) is 0 Å². The number of aromatic nitrogens is 1. The van der Waals surface area contributed by atoms with Crippen molar-refractivity contribution in [2.24, 2.45) is 0 Å².